The van der Waals surface area contributed by atoms with Gasteiger partial charge in [-0.25, -0.2) is 4.98 Å². The van der Waals surface area contributed by atoms with Crippen LogP contribution in [0.25, 0.3) is 11.5 Å². The number of hydrogen-bond donors (Lipinski definition) is 2. The van der Waals surface area contributed by atoms with Crippen LogP contribution in [-0.4, -0.2) is 17.4 Å². The summed E-state index contributed by atoms with van der Waals surface area (Å²) in [5.74, 6) is 1.72. The Labute approximate surface area is 142 Å². The second-order valence-electron chi connectivity index (χ2n) is 5.88. The number of hydrogen-bond acceptors (Lipinski definition) is 4. The number of benzene rings is 1. The van der Waals surface area contributed by atoms with Gasteiger partial charge < -0.3 is 15.5 Å². The zero-order valence-corrected chi connectivity index (χ0v) is 13.9. The van der Waals surface area contributed by atoms with Crippen LogP contribution in [0.4, 0.5) is 5.69 Å². The second kappa shape index (κ2) is 7.62. The van der Waals surface area contributed by atoms with E-state index in [0.29, 0.717) is 18.4 Å². The summed E-state index contributed by atoms with van der Waals surface area (Å²) in [6.07, 6.45) is 4.73. The van der Waals surface area contributed by atoms with Crippen LogP contribution >= 0.6 is 12.4 Å². The molecule has 3 N–H and O–H groups in total. The van der Waals surface area contributed by atoms with E-state index >= 15 is 0 Å². The highest BCUT2D eigenvalue weighted by atomic mass is 35.5. The van der Waals surface area contributed by atoms with Gasteiger partial charge in [0.05, 0.1) is 6.20 Å². The Bertz CT molecular complexity index is 671. The molecule has 1 aliphatic carbocycles. The van der Waals surface area contributed by atoms with Crippen LogP contribution in [0.2, 0.25) is 0 Å². The largest absolute Gasteiger partial charge is 0.441 e. The molecule has 5 nitrogen and oxygen atoms in total. The van der Waals surface area contributed by atoms with Crippen molar-refractivity contribution in [3.05, 3.63) is 36.2 Å². The van der Waals surface area contributed by atoms with Crippen molar-refractivity contribution in [2.45, 2.75) is 26.2 Å². The molecule has 0 bridgehead atoms. The third-order valence-electron chi connectivity index (χ3n) is 4.30. The molecule has 0 spiro atoms. The Morgan fingerprint density at radius 1 is 1.43 bits per heavy atom. The van der Waals surface area contributed by atoms with Crippen molar-refractivity contribution in [1.29, 1.82) is 0 Å². The summed E-state index contributed by atoms with van der Waals surface area (Å²) < 4.78 is 5.52. The topological polar surface area (TPSA) is 81.2 Å². The molecule has 1 aliphatic rings. The number of amides is 1. The number of nitrogens with two attached hydrogens (primary N) is 1. The number of anilines is 1. The molecule has 0 radical (unpaired) electrons. The Morgan fingerprint density at radius 2 is 2.26 bits per heavy atom. The maximum absolute atomic E-state index is 12.4. The van der Waals surface area contributed by atoms with E-state index in [2.05, 4.69) is 10.3 Å². The minimum Gasteiger partial charge on any atom is -0.441 e. The molecular formula is C17H22ClN3O2. The van der Waals surface area contributed by atoms with Crippen molar-refractivity contribution in [3.8, 4) is 11.5 Å². The molecule has 1 amide bonds. The van der Waals surface area contributed by atoms with Crippen LogP contribution in [0.5, 0.6) is 0 Å². The maximum atomic E-state index is 12.4. The first-order valence-electron chi connectivity index (χ1n) is 7.71. The molecule has 2 atom stereocenters. The molecular weight excluding hydrogens is 314 g/mol. The molecule has 1 aromatic heterocycles. The number of oxazole rings is 1. The lowest BCUT2D eigenvalue weighted by atomic mass is 9.95. The van der Waals surface area contributed by atoms with Crippen LogP contribution in [-0.2, 0) is 4.79 Å². The maximum Gasteiger partial charge on any atom is 0.227 e. The number of aromatic nitrogens is 1. The zero-order chi connectivity index (χ0) is 15.5. The van der Waals surface area contributed by atoms with Crippen LogP contribution in [0, 0.1) is 18.8 Å². The highest BCUT2D eigenvalue weighted by molar-refractivity contribution is 5.93. The summed E-state index contributed by atoms with van der Waals surface area (Å²) in [4.78, 5) is 16.6. The summed E-state index contributed by atoms with van der Waals surface area (Å²) in [5.41, 5.74) is 7.38. The van der Waals surface area contributed by atoms with Gasteiger partial charge in [0.1, 0.15) is 5.76 Å². The van der Waals surface area contributed by atoms with E-state index in [9.17, 15) is 4.79 Å². The molecule has 0 saturated heterocycles. The standard InChI is InChI=1S/C17H21N3O2.ClH/c1-11-10-19-17(22-11)12-4-2-6-14(8-12)20-16(21)15-7-3-5-13(15)9-18;/h2,4,6,8,10,13,15H,3,5,7,9,18H2,1H3,(H,20,21);1H/t13-,15-;/m1./s1. The lowest BCUT2D eigenvalue weighted by Crippen LogP contribution is -2.29. The number of nitrogens with one attached hydrogen (secondary N) is 1. The smallest absolute Gasteiger partial charge is 0.227 e. The Balaban J connectivity index is 0.00000192. The fraction of sp³-hybridized carbons (Fsp3) is 0.412. The third kappa shape index (κ3) is 3.92. The van der Waals surface area contributed by atoms with Gasteiger partial charge in [-0.1, -0.05) is 12.5 Å². The SMILES string of the molecule is Cc1cnc(-c2cccc(NC(=O)[C@@H]3CCC[C@@H]3CN)c2)o1.Cl. The van der Waals surface area contributed by atoms with Crippen molar-refractivity contribution >= 4 is 24.0 Å². The van der Waals surface area contributed by atoms with E-state index in [1.807, 2.05) is 31.2 Å². The normalized spacial score (nSPS) is 20.1. The van der Waals surface area contributed by atoms with Crippen LogP contribution in [0.3, 0.4) is 0 Å². The number of rotatable bonds is 4. The van der Waals surface area contributed by atoms with Crippen LogP contribution < -0.4 is 11.1 Å². The Kier molecular flexibility index (Phi) is 5.80. The molecule has 1 heterocycles. The van der Waals surface area contributed by atoms with Gasteiger partial charge in [0.2, 0.25) is 11.8 Å². The van der Waals surface area contributed by atoms with Gasteiger partial charge >= 0.3 is 0 Å². The van der Waals surface area contributed by atoms with Gasteiger partial charge in [-0.05, 0) is 50.4 Å². The Morgan fingerprint density at radius 3 is 2.96 bits per heavy atom. The average molecular weight is 336 g/mol. The summed E-state index contributed by atoms with van der Waals surface area (Å²) in [6.45, 7) is 2.43. The number of carbonyl (C=O) groups excluding carboxylic acids is 1. The van der Waals surface area contributed by atoms with Gasteiger partial charge in [0.25, 0.3) is 0 Å². The van der Waals surface area contributed by atoms with E-state index in [1.54, 1.807) is 6.20 Å². The first kappa shape index (κ1) is 17.5. The lowest BCUT2D eigenvalue weighted by Gasteiger charge is -2.17. The van der Waals surface area contributed by atoms with Crippen molar-refractivity contribution in [2.75, 3.05) is 11.9 Å². The molecule has 23 heavy (non-hydrogen) atoms. The third-order valence-corrected chi connectivity index (χ3v) is 4.30. The number of carbonyl (C=O) groups is 1. The predicted molar refractivity (Wildman–Crippen MR) is 92.4 cm³/mol. The zero-order valence-electron chi connectivity index (χ0n) is 13.1. The minimum absolute atomic E-state index is 0. The van der Waals surface area contributed by atoms with E-state index < -0.39 is 0 Å². The summed E-state index contributed by atoms with van der Waals surface area (Å²) in [5, 5.41) is 3.00. The highest BCUT2D eigenvalue weighted by Crippen LogP contribution is 2.32. The highest BCUT2D eigenvalue weighted by Gasteiger charge is 2.31. The van der Waals surface area contributed by atoms with Gasteiger partial charge in [-0.3, -0.25) is 4.79 Å². The van der Waals surface area contributed by atoms with Crippen molar-refractivity contribution in [1.82, 2.24) is 4.98 Å². The molecule has 124 valence electrons. The first-order chi connectivity index (χ1) is 10.7. The van der Waals surface area contributed by atoms with Gasteiger partial charge in [-0.15, -0.1) is 12.4 Å². The molecule has 1 saturated carbocycles. The number of nitrogens with zero attached hydrogens (tertiary/aromatic N) is 1. The number of aryl methyl sites for hydroxylation is 1. The van der Waals surface area contributed by atoms with E-state index in [-0.39, 0.29) is 24.2 Å². The molecule has 0 unspecified atom stereocenters. The summed E-state index contributed by atoms with van der Waals surface area (Å²) in [6, 6.07) is 7.57. The van der Waals surface area contributed by atoms with Crippen molar-refractivity contribution in [2.24, 2.45) is 17.6 Å². The molecule has 1 aromatic carbocycles. The molecule has 3 rings (SSSR count). The van der Waals surface area contributed by atoms with Crippen molar-refractivity contribution in [3.63, 3.8) is 0 Å². The van der Waals surface area contributed by atoms with Crippen LogP contribution in [0.1, 0.15) is 25.0 Å². The van der Waals surface area contributed by atoms with Gasteiger partial charge in [-0.2, -0.15) is 0 Å². The predicted octanol–water partition coefficient (Wildman–Crippen LogP) is 3.39. The Hall–Kier alpha value is -1.85. The lowest BCUT2D eigenvalue weighted by molar-refractivity contribution is -0.120. The van der Waals surface area contributed by atoms with E-state index in [1.165, 1.54) is 0 Å². The molecule has 2 aromatic rings. The first-order valence-corrected chi connectivity index (χ1v) is 7.71. The minimum atomic E-state index is 0. The second-order valence-corrected chi connectivity index (χ2v) is 5.88. The molecule has 1 fully saturated rings. The quantitative estimate of drug-likeness (QED) is 0.897. The number of halogens is 1. The average Bonchev–Trinajstić information content (AvgIpc) is 3.16. The fourth-order valence-electron chi connectivity index (χ4n) is 3.12. The van der Waals surface area contributed by atoms with E-state index in [0.717, 1.165) is 36.3 Å². The summed E-state index contributed by atoms with van der Waals surface area (Å²) in [7, 11) is 0. The van der Waals surface area contributed by atoms with Gasteiger partial charge in [0, 0.05) is 17.2 Å². The van der Waals surface area contributed by atoms with Crippen molar-refractivity contribution < 1.29 is 9.21 Å². The molecule has 6 heteroatoms. The van der Waals surface area contributed by atoms with Crippen LogP contribution in [0.15, 0.2) is 34.9 Å². The van der Waals surface area contributed by atoms with Gasteiger partial charge in [0.15, 0.2) is 0 Å². The fourth-order valence-corrected chi connectivity index (χ4v) is 3.12. The molecule has 0 aliphatic heterocycles. The summed E-state index contributed by atoms with van der Waals surface area (Å²) >= 11 is 0. The monoisotopic (exact) mass is 335 g/mol. The van der Waals surface area contributed by atoms with E-state index in [4.69, 9.17) is 10.2 Å².